The lowest BCUT2D eigenvalue weighted by Gasteiger charge is -2.29. The van der Waals surface area contributed by atoms with Crippen LogP contribution in [0.1, 0.15) is 38.1 Å². The molecule has 0 unspecified atom stereocenters. The third-order valence-electron chi connectivity index (χ3n) is 4.22. The van der Waals surface area contributed by atoms with E-state index in [2.05, 4.69) is 43.5 Å². The molecule has 1 fully saturated rings. The number of aryl methyl sites for hydroxylation is 1. The van der Waals surface area contributed by atoms with Gasteiger partial charge in [-0.2, -0.15) is 0 Å². The molecule has 3 heteroatoms. The number of para-hydroxylation sites is 1. The van der Waals surface area contributed by atoms with E-state index in [1.807, 2.05) is 0 Å². The molecule has 1 aromatic heterocycles. The van der Waals surface area contributed by atoms with Gasteiger partial charge in [-0.05, 0) is 51.2 Å². The maximum atomic E-state index is 6.10. The van der Waals surface area contributed by atoms with Crippen LogP contribution in [0, 0.1) is 12.8 Å². The molecule has 18 heavy (non-hydrogen) atoms. The quantitative estimate of drug-likeness (QED) is 0.757. The molecule has 0 spiro atoms. The highest BCUT2D eigenvalue weighted by atomic mass is 35.5. The number of fused-ring (bicyclic) bond motifs is 1. The van der Waals surface area contributed by atoms with Gasteiger partial charge in [0.05, 0.1) is 16.9 Å². The van der Waals surface area contributed by atoms with Crippen molar-refractivity contribution < 1.29 is 0 Å². The van der Waals surface area contributed by atoms with Crippen LogP contribution < -0.4 is 0 Å². The van der Waals surface area contributed by atoms with Crippen LogP contribution in [-0.2, 0) is 11.4 Å². The van der Waals surface area contributed by atoms with Gasteiger partial charge >= 0.3 is 0 Å². The highest BCUT2D eigenvalue weighted by Crippen LogP contribution is 2.46. The Bertz CT molecular complexity index is 594. The molecule has 1 heterocycles. The molecule has 1 aliphatic rings. The zero-order valence-corrected chi connectivity index (χ0v) is 12.0. The zero-order chi connectivity index (χ0) is 12.9. The van der Waals surface area contributed by atoms with Crippen LogP contribution in [0.4, 0.5) is 0 Å². The number of aromatic nitrogens is 2. The topological polar surface area (TPSA) is 17.8 Å². The number of alkyl halides is 1. The van der Waals surface area contributed by atoms with E-state index in [-0.39, 0.29) is 5.54 Å². The predicted octanol–water partition coefficient (Wildman–Crippen LogP) is 4.23. The Morgan fingerprint density at radius 2 is 2.11 bits per heavy atom. The average Bonchev–Trinajstić information content (AvgIpc) is 3.10. The number of imidazole rings is 1. The van der Waals surface area contributed by atoms with Gasteiger partial charge in [0, 0.05) is 5.54 Å². The van der Waals surface area contributed by atoms with E-state index in [0.717, 1.165) is 17.3 Å². The number of hydrogen-bond donors (Lipinski definition) is 0. The molecule has 1 aromatic carbocycles. The minimum atomic E-state index is 0.116. The van der Waals surface area contributed by atoms with E-state index in [9.17, 15) is 0 Å². The van der Waals surface area contributed by atoms with Crippen molar-refractivity contribution in [3.63, 3.8) is 0 Å². The normalized spacial score (nSPS) is 16.4. The molecule has 2 nitrogen and oxygen atoms in total. The SMILES string of the molecule is Cc1cccc2nc(CCl)n(C(C)(C)C3CC3)c12. The molecule has 0 atom stereocenters. The van der Waals surface area contributed by atoms with Gasteiger partial charge in [-0.3, -0.25) is 0 Å². The molecule has 0 radical (unpaired) electrons. The number of halogens is 1. The summed E-state index contributed by atoms with van der Waals surface area (Å²) in [5.41, 5.74) is 3.72. The summed E-state index contributed by atoms with van der Waals surface area (Å²) in [5.74, 6) is 2.24. The Hall–Kier alpha value is -1.02. The van der Waals surface area contributed by atoms with Crippen molar-refractivity contribution in [2.75, 3.05) is 0 Å². The lowest BCUT2D eigenvalue weighted by Crippen LogP contribution is -2.30. The third-order valence-corrected chi connectivity index (χ3v) is 4.46. The molecular weight excluding hydrogens is 244 g/mol. The Balaban J connectivity index is 2.31. The summed E-state index contributed by atoms with van der Waals surface area (Å²) in [6.45, 7) is 6.78. The molecule has 0 bridgehead atoms. The van der Waals surface area contributed by atoms with E-state index in [1.54, 1.807) is 0 Å². The van der Waals surface area contributed by atoms with Gasteiger partial charge in [0.2, 0.25) is 0 Å². The maximum absolute atomic E-state index is 6.10. The van der Waals surface area contributed by atoms with Crippen LogP contribution in [0.2, 0.25) is 0 Å². The van der Waals surface area contributed by atoms with Crippen molar-refractivity contribution in [3.05, 3.63) is 29.6 Å². The van der Waals surface area contributed by atoms with Crippen molar-refractivity contribution in [3.8, 4) is 0 Å². The average molecular weight is 263 g/mol. The van der Waals surface area contributed by atoms with Crippen LogP contribution >= 0.6 is 11.6 Å². The Morgan fingerprint density at radius 1 is 1.39 bits per heavy atom. The fourth-order valence-electron chi connectivity index (χ4n) is 3.03. The fourth-order valence-corrected chi connectivity index (χ4v) is 3.20. The van der Waals surface area contributed by atoms with Crippen molar-refractivity contribution in [1.82, 2.24) is 9.55 Å². The lowest BCUT2D eigenvalue weighted by atomic mass is 9.97. The first-order valence-corrected chi connectivity index (χ1v) is 7.12. The van der Waals surface area contributed by atoms with Crippen molar-refractivity contribution in [1.29, 1.82) is 0 Å². The molecule has 0 N–H and O–H groups in total. The summed E-state index contributed by atoms with van der Waals surface area (Å²) >= 11 is 6.10. The van der Waals surface area contributed by atoms with Crippen LogP contribution in [0.15, 0.2) is 18.2 Å². The molecule has 0 saturated heterocycles. The van der Waals surface area contributed by atoms with Crippen LogP contribution in [0.5, 0.6) is 0 Å². The summed E-state index contributed by atoms with van der Waals surface area (Å²) in [4.78, 5) is 4.70. The number of hydrogen-bond acceptors (Lipinski definition) is 1. The predicted molar refractivity (Wildman–Crippen MR) is 76.1 cm³/mol. The zero-order valence-electron chi connectivity index (χ0n) is 11.2. The monoisotopic (exact) mass is 262 g/mol. The fraction of sp³-hybridized carbons (Fsp3) is 0.533. The highest BCUT2D eigenvalue weighted by Gasteiger charge is 2.41. The van der Waals surface area contributed by atoms with E-state index in [0.29, 0.717) is 5.88 Å². The van der Waals surface area contributed by atoms with Gasteiger partial charge < -0.3 is 4.57 Å². The summed E-state index contributed by atoms with van der Waals surface area (Å²) in [6.07, 6.45) is 2.64. The van der Waals surface area contributed by atoms with E-state index in [4.69, 9.17) is 16.6 Å². The van der Waals surface area contributed by atoms with Gasteiger partial charge in [-0.15, -0.1) is 11.6 Å². The minimum Gasteiger partial charge on any atom is -0.321 e. The highest BCUT2D eigenvalue weighted by molar-refractivity contribution is 6.16. The summed E-state index contributed by atoms with van der Waals surface area (Å²) in [7, 11) is 0. The molecule has 96 valence electrons. The number of rotatable bonds is 3. The summed E-state index contributed by atoms with van der Waals surface area (Å²) < 4.78 is 2.38. The first-order valence-electron chi connectivity index (χ1n) is 6.59. The minimum absolute atomic E-state index is 0.116. The number of nitrogens with zero attached hydrogens (tertiary/aromatic N) is 2. The Kier molecular flexibility index (Phi) is 2.67. The molecule has 0 aliphatic heterocycles. The first-order chi connectivity index (χ1) is 8.55. The van der Waals surface area contributed by atoms with Gasteiger partial charge in [0.1, 0.15) is 5.82 Å². The van der Waals surface area contributed by atoms with Crippen LogP contribution in [0.3, 0.4) is 0 Å². The second-order valence-electron chi connectivity index (χ2n) is 5.87. The standard InChI is InChI=1S/C15H19ClN2/c1-10-5-4-6-12-14(10)18(13(9-16)17-12)15(2,3)11-7-8-11/h4-6,11H,7-9H2,1-3H3. The van der Waals surface area contributed by atoms with Crippen LogP contribution in [-0.4, -0.2) is 9.55 Å². The number of benzene rings is 1. The van der Waals surface area contributed by atoms with Crippen LogP contribution in [0.25, 0.3) is 11.0 Å². The van der Waals surface area contributed by atoms with E-state index >= 15 is 0 Å². The summed E-state index contributed by atoms with van der Waals surface area (Å²) in [6, 6.07) is 6.30. The molecule has 1 aliphatic carbocycles. The molecule has 2 aromatic rings. The van der Waals surface area contributed by atoms with Crippen molar-refractivity contribution in [2.24, 2.45) is 5.92 Å². The Labute approximate surface area is 113 Å². The second-order valence-corrected chi connectivity index (χ2v) is 6.13. The second kappa shape index (κ2) is 3.99. The first kappa shape index (κ1) is 12.0. The van der Waals surface area contributed by atoms with E-state index in [1.165, 1.54) is 23.9 Å². The Morgan fingerprint density at radius 3 is 2.72 bits per heavy atom. The molecule has 0 amide bonds. The van der Waals surface area contributed by atoms with Crippen molar-refractivity contribution in [2.45, 2.75) is 45.0 Å². The summed E-state index contributed by atoms with van der Waals surface area (Å²) in [5, 5.41) is 0. The van der Waals surface area contributed by atoms with Gasteiger partial charge in [0.25, 0.3) is 0 Å². The maximum Gasteiger partial charge on any atom is 0.125 e. The van der Waals surface area contributed by atoms with E-state index < -0.39 is 0 Å². The molecular formula is C15H19ClN2. The van der Waals surface area contributed by atoms with Crippen molar-refractivity contribution >= 4 is 22.6 Å². The molecule has 3 rings (SSSR count). The van der Waals surface area contributed by atoms with Gasteiger partial charge in [-0.25, -0.2) is 4.98 Å². The smallest absolute Gasteiger partial charge is 0.125 e. The van der Waals surface area contributed by atoms with Gasteiger partial charge in [0.15, 0.2) is 0 Å². The lowest BCUT2D eigenvalue weighted by molar-refractivity contribution is 0.306. The van der Waals surface area contributed by atoms with Gasteiger partial charge in [-0.1, -0.05) is 12.1 Å². The third kappa shape index (κ3) is 1.66. The molecule has 1 saturated carbocycles. The largest absolute Gasteiger partial charge is 0.321 e.